The predicted octanol–water partition coefficient (Wildman–Crippen LogP) is 3.49. The number of oxazole rings is 1. The largest absolute Gasteiger partial charge is 0.478 e. The van der Waals surface area contributed by atoms with Crippen LogP contribution in [0.4, 0.5) is 0 Å². The Morgan fingerprint density at radius 2 is 2.29 bits per heavy atom. The topological polar surface area (TPSA) is 63.3 Å². The third kappa shape index (κ3) is 2.81. The van der Waals surface area contributed by atoms with Crippen molar-refractivity contribution in [2.75, 3.05) is 0 Å². The number of halogens is 1. The minimum atomic E-state index is -1.00. The normalized spacial score (nSPS) is 10.5. The van der Waals surface area contributed by atoms with Crippen molar-refractivity contribution in [2.24, 2.45) is 0 Å². The van der Waals surface area contributed by atoms with Crippen LogP contribution < -0.4 is 0 Å². The maximum absolute atomic E-state index is 10.7. The van der Waals surface area contributed by atoms with E-state index < -0.39 is 5.97 Å². The molecule has 0 saturated heterocycles. The molecule has 4 nitrogen and oxygen atoms in total. The number of hydrogen-bond donors (Lipinski definition) is 1. The lowest BCUT2D eigenvalue weighted by Crippen LogP contribution is -1.95. The molecule has 0 aliphatic rings. The molecule has 2 aromatic rings. The summed E-state index contributed by atoms with van der Waals surface area (Å²) in [5.74, 6) is -1.00. The summed E-state index contributed by atoms with van der Waals surface area (Å²) >= 11 is 7.23. The lowest BCUT2D eigenvalue weighted by Gasteiger charge is -2.01. The monoisotopic (exact) mass is 269 g/mol. The fourth-order valence-corrected chi connectivity index (χ4v) is 2.25. The molecule has 1 aromatic carbocycles. The summed E-state index contributed by atoms with van der Waals surface area (Å²) in [4.78, 5) is 15.6. The Balaban J connectivity index is 2.25. The van der Waals surface area contributed by atoms with Crippen LogP contribution in [-0.4, -0.2) is 16.1 Å². The number of carboxylic acid groups (broad SMARTS) is 1. The van der Waals surface area contributed by atoms with E-state index in [9.17, 15) is 4.79 Å². The highest BCUT2D eigenvalue weighted by molar-refractivity contribution is 7.99. The standard InChI is InChI=1S/C11H8ClNO3S/c1-6-5-16-11(13-6)17-9-3-2-7(10(14)15)4-8(9)12/h2-5H,1H3,(H,14,15). The van der Waals surface area contributed by atoms with Crippen molar-refractivity contribution in [1.82, 2.24) is 4.98 Å². The maximum atomic E-state index is 10.7. The molecule has 2 rings (SSSR count). The number of carbonyl (C=O) groups is 1. The van der Waals surface area contributed by atoms with Gasteiger partial charge in [0, 0.05) is 4.90 Å². The molecule has 0 bridgehead atoms. The SMILES string of the molecule is Cc1coc(Sc2ccc(C(=O)O)cc2Cl)n1. The first-order chi connectivity index (χ1) is 8.06. The fourth-order valence-electron chi connectivity index (χ4n) is 1.19. The van der Waals surface area contributed by atoms with Crippen molar-refractivity contribution in [1.29, 1.82) is 0 Å². The lowest BCUT2D eigenvalue weighted by atomic mass is 10.2. The van der Waals surface area contributed by atoms with Gasteiger partial charge in [0.2, 0.25) is 0 Å². The van der Waals surface area contributed by atoms with Crippen LogP contribution in [0.2, 0.25) is 5.02 Å². The van der Waals surface area contributed by atoms with Gasteiger partial charge in [-0.3, -0.25) is 0 Å². The van der Waals surface area contributed by atoms with Gasteiger partial charge in [-0.05, 0) is 36.9 Å². The van der Waals surface area contributed by atoms with E-state index in [1.165, 1.54) is 23.9 Å². The van der Waals surface area contributed by atoms with E-state index in [0.717, 1.165) is 5.69 Å². The number of hydrogen-bond acceptors (Lipinski definition) is 4. The zero-order valence-corrected chi connectivity index (χ0v) is 10.4. The molecule has 17 heavy (non-hydrogen) atoms. The van der Waals surface area contributed by atoms with Gasteiger partial charge in [-0.25, -0.2) is 9.78 Å². The van der Waals surface area contributed by atoms with Crippen LogP contribution in [0, 0.1) is 6.92 Å². The van der Waals surface area contributed by atoms with Gasteiger partial charge in [0.05, 0.1) is 16.3 Å². The molecule has 0 spiro atoms. The summed E-state index contributed by atoms with van der Waals surface area (Å²) in [5, 5.41) is 9.64. The number of benzene rings is 1. The van der Waals surface area contributed by atoms with E-state index in [1.807, 2.05) is 6.92 Å². The molecule has 6 heteroatoms. The molecule has 0 unspecified atom stereocenters. The van der Waals surface area contributed by atoms with Crippen LogP contribution in [0.1, 0.15) is 16.1 Å². The van der Waals surface area contributed by atoms with Crippen molar-refractivity contribution in [3.05, 3.63) is 40.7 Å². The minimum Gasteiger partial charge on any atom is -0.478 e. The molecule has 1 N–H and O–H groups in total. The molecule has 0 aliphatic heterocycles. The Labute approximate surface area is 107 Å². The Morgan fingerprint density at radius 1 is 1.53 bits per heavy atom. The zero-order valence-electron chi connectivity index (χ0n) is 8.81. The Morgan fingerprint density at radius 3 is 2.82 bits per heavy atom. The van der Waals surface area contributed by atoms with Crippen molar-refractivity contribution < 1.29 is 14.3 Å². The van der Waals surface area contributed by atoms with E-state index in [2.05, 4.69) is 4.98 Å². The molecule has 88 valence electrons. The summed E-state index contributed by atoms with van der Waals surface area (Å²) in [7, 11) is 0. The third-order valence-corrected chi connectivity index (χ3v) is 3.34. The van der Waals surface area contributed by atoms with Crippen molar-refractivity contribution in [3.63, 3.8) is 0 Å². The first kappa shape index (κ1) is 12.0. The molecule has 0 amide bonds. The molecule has 1 aromatic heterocycles. The van der Waals surface area contributed by atoms with E-state index in [4.69, 9.17) is 21.1 Å². The molecule has 0 aliphatic carbocycles. The minimum absolute atomic E-state index is 0.155. The maximum Gasteiger partial charge on any atom is 0.335 e. The second kappa shape index (κ2) is 4.81. The van der Waals surface area contributed by atoms with Gasteiger partial charge < -0.3 is 9.52 Å². The number of aromatic nitrogens is 1. The third-order valence-electron chi connectivity index (χ3n) is 1.97. The molecule has 0 saturated carbocycles. The summed E-state index contributed by atoms with van der Waals surface area (Å²) in [6.07, 6.45) is 1.54. The number of carboxylic acids is 1. The van der Waals surface area contributed by atoms with E-state index >= 15 is 0 Å². The van der Waals surface area contributed by atoms with E-state index in [-0.39, 0.29) is 5.56 Å². The lowest BCUT2D eigenvalue weighted by molar-refractivity contribution is 0.0697. The first-order valence-corrected chi connectivity index (χ1v) is 5.88. The quantitative estimate of drug-likeness (QED) is 0.924. The first-order valence-electron chi connectivity index (χ1n) is 4.69. The van der Waals surface area contributed by atoms with Crippen molar-refractivity contribution in [3.8, 4) is 0 Å². The average Bonchev–Trinajstić information content (AvgIpc) is 2.67. The van der Waals surface area contributed by atoms with Crippen molar-refractivity contribution >= 4 is 29.3 Å². The smallest absolute Gasteiger partial charge is 0.335 e. The van der Waals surface area contributed by atoms with Gasteiger partial charge in [-0.15, -0.1) is 0 Å². The van der Waals surface area contributed by atoms with Crippen molar-refractivity contribution in [2.45, 2.75) is 17.0 Å². The molecule has 0 atom stereocenters. The highest BCUT2D eigenvalue weighted by atomic mass is 35.5. The fraction of sp³-hybridized carbons (Fsp3) is 0.0909. The number of rotatable bonds is 3. The van der Waals surface area contributed by atoms with Crippen LogP contribution in [0.25, 0.3) is 0 Å². The van der Waals surface area contributed by atoms with Crippen LogP contribution in [-0.2, 0) is 0 Å². The van der Waals surface area contributed by atoms with E-state index in [0.29, 0.717) is 15.1 Å². The number of aryl methyl sites for hydroxylation is 1. The summed E-state index contributed by atoms with van der Waals surface area (Å²) in [6.45, 7) is 1.82. The second-order valence-electron chi connectivity index (χ2n) is 3.31. The van der Waals surface area contributed by atoms with E-state index in [1.54, 1.807) is 12.3 Å². The second-order valence-corrected chi connectivity index (χ2v) is 4.71. The van der Waals surface area contributed by atoms with Crippen LogP contribution >= 0.6 is 23.4 Å². The van der Waals surface area contributed by atoms with Gasteiger partial charge >= 0.3 is 5.97 Å². The Hall–Kier alpha value is -1.46. The average molecular weight is 270 g/mol. The molecule has 0 radical (unpaired) electrons. The Bertz CT molecular complexity index is 568. The van der Waals surface area contributed by atoms with Gasteiger partial charge in [0.1, 0.15) is 6.26 Å². The van der Waals surface area contributed by atoms with Crippen LogP contribution in [0.5, 0.6) is 0 Å². The highest BCUT2D eigenvalue weighted by Gasteiger charge is 2.10. The number of aromatic carboxylic acids is 1. The molecular weight excluding hydrogens is 262 g/mol. The molecular formula is C11H8ClNO3S. The van der Waals surface area contributed by atoms with Gasteiger partial charge in [-0.2, -0.15) is 0 Å². The van der Waals surface area contributed by atoms with Gasteiger partial charge in [-0.1, -0.05) is 11.6 Å². The summed E-state index contributed by atoms with van der Waals surface area (Å²) < 4.78 is 5.18. The summed E-state index contributed by atoms with van der Waals surface area (Å²) in [6, 6.07) is 4.53. The molecule has 0 fully saturated rings. The van der Waals surface area contributed by atoms with Gasteiger partial charge in [0.25, 0.3) is 5.22 Å². The predicted molar refractivity (Wildman–Crippen MR) is 63.8 cm³/mol. The summed E-state index contributed by atoms with van der Waals surface area (Å²) in [5.41, 5.74) is 0.939. The zero-order chi connectivity index (χ0) is 12.4. The molecule has 1 heterocycles. The highest BCUT2D eigenvalue weighted by Crippen LogP contribution is 2.33. The van der Waals surface area contributed by atoms with Gasteiger partial charge in [0.15, 0.2) is 0 Å². The Kier molecular flexibility index (Phi) is 3.40. The number of nitrogens with zero attached hydrogens (tertiary/aromatic N) is 1. The van der Waals surface area contributed by atoms with Crippen LogP contribution in [0.15, 0.2) is 39.0 Å². The van der Waals surface area contributed by atoms with Crippen LogP contribution in [0.3, 0.4) is 0 Å².